The summed E-state index contributed by atoms with van der Waals surface area (Å²) in [6.45, 7) is 6.91. The number of carbonyl (C=O) groups is 2. The second-order valence-corrected chi connectivity index (χ2v) is 5.92. The minimum Gasteiger partial charge on any atom is -0.352 e. The quantitative estimate of drug-likeness (QED) is 0.812. The van der Waals surface area contributed by atoms with Gasteiger partial charge >= 0.3 is 0 Å². The van der Waals surface area contributed by atoms with E-state index < -0.39 is 0 Å². The van der Waals surface area contributed by atoms with Gasteiger partial charge in [0, 0.05) is 12.1 Å². The van der Waals surface area contributed by atoms with Gasteiger partial charge in [0.1, 0.15) is 0 Å². The minimum atomic E-state index is -0.225. The Hall–Kier alpha value is -1.90. The van der Waals surface area contributed by atoms with Gasteiger partial charge in [0.25, 0.3) is 5.91 Å². The number of ketones is 1. The van der Waals surface area contributed by atoms with Crippen LogP contribution >= 0.6 is 0 Å². The largest absolute Gasteiger partial charge is 0.352 e. The van der Waals surface area contributed by atoms with Gasteiger partial charge in [-0.2, -0.15) is 0 Å². The molecular weight excluding hydrogens is 262 g/mol. The predicted octanol–water partition coefficient (Wildman–Crippen LogP) is 3.60. The normalized spacial score (nSPS) is 13.8. The fourth-order valence-electron chi connectivity index (χ4n) is 2.61. The van der Waals surface area contributed by atoms with Crippen molar-refractivity contribution in [2.75, 3.05) is 6.54 Å². The van der Waals surface area contributed by atoms with Crippen LogP contribution in [0.3, 0.4) is 0 Å². The van der Waals surface area contributed by atoms with E-state index >= 15 is 0 Å². The van der Waals surface area contributed by atoms with Crippen molar-refractivity contribution in [2.45, 2.75) is 40.0 Å². The Kier molecular flexibility index (Phi) is 4.94. The van der Waals surface area contributed by atoms with E-state index in [1.165, 1.54) is 0 Å². The Morgan fingerprint density at radius 3 is 2.48 bits per heavy atom. The van der Waals surface area contributed by atoms with Crippen LogP contribution in [-0.4, -0.2) is 18.2 Å². The first-order chi connectivity index (χ1) is 10.1. The molecule has 3 nitrogen and oxygen atoms in total. The standard InChI is InChI=1S/C18H23NO2/c1-4-11-19-18(21)16-14(10-9-12(2)3)13-7-5-6-8-15(13)17(16)20/h5-8,12H,4,9-11H2,1-3H3,(H,19,21). The molecule has 0 bridgehead atoms. The van der Waals surface area contributed by atoms with Crippen LogP contribution in [0.1, 0.15) is 56.0 Å². The van der Waals surface area contributed by atoms with E-state index in [1.54, 1.807) is 0 Å². The molecule has 0 heterocycles. The molecule has 1 aliphatic rings. The summed E-state index contributed by atoms with van der Waals surface area (Å²) in [6, 6.07) is 7.54. The topological polar surface area (TPSA) is 46.2 Å². The van der Waals surface area contributed by atoms with Crippen molar-refractivity contribution >= 4 is 17.3 Å². The van der Waals surface area contributed by atoms with E-state index in [-0.39, 0.29) is 11.7 Å². The molecule has 0 spiro atoms. The van der Waals surface area contributed by atoms with Crippen LogP contribution in [0.15, 0.2) is 29.8 Å². The Morgan fingerprint density at radius 2 is 1.86 bits per heavy atom. The average molecular weight is 285 g/mol. The molecule has 1 aromatic carbocycles. The SMILES string of the molecule is CCCNC(=O)C1=C(CCC(C)C)c2ccccc2C1=O. The number of hydrogen-bond acceptors (Lipinski definition) is 2. The monoisotopic (exact) mass is 285 g/mol. The smallest absolute Gasteiger partial charge is 0.255 e. The molecule has 0 saturated carbocycles. The molecule has 0 aliphatic heterocycles. The molecule has 0 unspecified atom stereocenters. The molecular formula is C18H23NO2. The van der Waals surface area contributed by atoms with Crippen LogP contribution in [0.25, 0.3) is 5.57 Å². The summed E-state index contributed by atoms with van der Waals surface area (Å²) in [5, 5.41) is 2.84. The molecule has 0 saturated heterocycles. The summed E-state index contributed by atoms with van der Waals surface area (Å²) in [4.78, 5) is 24.9. The molecule has 0 radical (unpaired) electrons. The summed E-state index contributed by atoms with van der Waals surface area (Å²) < 4.78 is 0. The zero-order valence-corrected chi connectivity index (χ0v) is 13.0. The molecule has 1 N–H and O–H groups in total. The Morgan fingerprint density at radius 1 is 1.19 bits per heavy atom. The lowest BCUT2D eigenvalue weighted by Gasteiger charge is -2.10. The van der Waals surface area contributed by atoms with Crippen molar-refractivity contribution in [3.05, 3.63) is 41.0 Å². The number of nitrogens with one attached hydrogen (secondary N) is 1. The van der Waals surface area contributed by atoms with E-state index in [9.17, 15) is 9.59 Å². The highest BCUT2D eigenvalue weighted by molar-refractivity contribution is 6.34. The third-order valence-electron chi connectivity index (χ3n) is 3.76. The zero-order chi connectivity index (χ0) is 15.4. The molecule has 0 fully saturated rings. The number of Topliss-reactive ketones (excluding diaryl/α,β-unsaturated/α-hetero) is 1. The second-order valence-electron chi connectivity index (χ2n) is 5.92. The van der Waals surface area contributed by atoms with Crippen molar-refractivity contribution < 1.29 is 9.59 Å². The van der Waals surface area contributed by atoms with Crippen molar-refractivity contribution in [1.82, 2.24) is 5.32 Å². The van der Waals surface area contributed by atoms with Crippen LogP contribution in [0.2, 0.25) is 0 Å². The number of benzene rings is 1. The second kappa shape index (κ2) is 6.70. The van der Waals surface area contributed by atoms with Crippen LogP contribution in [-0.2, 0) is 4.79 Å². The van der Waals surface area contributed by atoms with Gasteiger partial charge in [-0.05, 0) is 36.3 Å². The van der Waals surface area contributed by atoms with Gasteiger partial charge in [0.05, 0.1) is 5.57 Å². The van der Waals surface area contributed by atoms with Crippen LogP contribution in [0.4, 0.5) is 0 Å². The molecule has 1 aromatic rings. The van der Waals surface area contributed by atoms with Crippen molar-refractivity contribution in [1.29, 1.82) is 0 Å². The van der Waals surface area contributed by atoms with Gasteiger partial charge in [-0.3, -0.25) is 9.59 Å². The van der Waals surface area contributed by atoms with Crippen molar-refractivity contribution in [3.8, 4) is 0 Å². The lowest BCUT2D eigenvalue weighted by Crippen LogP contribution is -2.28. The average Bonchev–Trinajstić information content (AvgIpc) is 2.76. The maximum absolute atomic E-state index is 12.5. The summed E-state index contributed by atoms with van der Waals surface area (Å²) >= 11 is 0. The number of allylic oxidation sites excluding steroid dienone is 1. The molecule has 0 aromatic heterocycles. The van der Waals surface area contributed by atoms with E-state index in [2.05, 4.69) is 19.2 Å². The van der Waals surface area contributed by atoms with Gasteiger partial charge < -0.3 is 5.32 Å². The number of rotatable bonds is 6. The number of amides is 1. The zero-order valence-electron chi connectivity index (χ0n) is 13.0. The van der Waals surface area contributed by atoms with Crippen molar-refractivity contribution in [2.24, 2.45) is 5.92 Å². The third-order valence-corrected chi connectivity index (χ3v) is 3.76. The third kappa shape index (κ3) is 3.23. The highest BCUT2D eigenvalue weighted by Crippen LogP contribution is 2.36. The van der Waals surface area contributed by atoms with Gasteiger partial charge in [0.15, 0.2) is 5.78 Å². The molecule has 1 amide bonds. The first-order valence-electron chi connectivity index (χ1n) is 7.71. The first kappa shape index (κ1) is 15.5. The summed E-state index contributed by atoms with van der Waals surface area (Å²) in [5.41, 5.74) is 2.87. The van der Waals surface area contributed by atoms with E-state index in [0.29, 0.717) is 23.6 Å². The number of carbonyl (C=O) groups excluding carboxylic acids is 2. The number of hydrogen-bond donors (Lipinski definition) is 1. The molecule has 1 aliphatic carbocycles. The van der Waals surface area contributed by atoms with Gasteiger partial charge in [0.2, 0.25) is 0 Å². The first-order valence-corrected chi connectivity index (χ1v) is 7.71. The van der Waals surface area contributed by atoms with E-state index in [1.807, 2.05) is 31.2 Å². The van der Waals surface area contributed by atoms with Crippen LogP contribution in [0, 0.1) is 5.92 Å². The van der Waals surface area contributed by atoms with Gasteiger partial charge in [-0.25, -0.2) is 0 Å². The van der Waals surface area contributed by atoms with Crippen molar-refractivity contribution in [3.63, 3.8) is 0 Å². The summed E-state index contributed by atoms with van der Waals surface area (Å²) in [7, 11) is 0. The highest BCUT2D eigenvalue weighted by Gasteiger charge is 2.33. The fourth-order valence-corrected chi connectivity index (χ4v) is 2.61. The highest BCUT2D eigenvalue weighted by atomic mass is 16.2. The maximum atomic E-state index is 12.5. The summed E-state index contributed by atoms with van der Waals surface area (Å²) in [5.74, 6) is 0.190. The Balaban J connectivity index is 2.37. The molecule has 21 heavy (non-hydrogen) atoms. The van der Waals surface area contributed by atoms with Crippen LogP contribution < -0.4 is 5.32 Å². The minimum absolute atomic E-state index is 0.127. The fraction of sp³-hybridized carbons (Fsp3) is 0.444. The Bertz CT molecular complexity index is 585. The van der Waals surface area contributed by atoms with Gasteiger partial charge in [-0.1, -0.05) is 45.0 Å². The van der Waals surface area contributed by atoms with Gasteiger partial charge in [-0.15, -0.1) is 0 Å². The Labute approximate surface area is 126 Å². The van der Waals surface area contributed by atoms with E-state index in [0.717, 1.165) is 30.4 Å². The van der Waals surface area contributed by atoms with E-state index in [4.69, 9.17) is 0 Å². The molecule has 2 rings (SSSR count). The molecule has 0 atom stereocenters. The lowest BCUT2D eigenvalue weighted by molar-refractivity contribution is -0.117. The molecule has 112 valence electrons. The lowest BCUT2D eigenvalue weighted by atomic mass is 9.96. The van der Waals surface area contributed by atoms with Crippen LogP contribution in [0.5, 0.6) is 0 Å². The maximum Gasteiger partial charge on any atom is 0.255 e. The number of fused-ring (bicyclic) bond motifs is 1. The molecule has 3 heteroatoms. The summed E-state index contributed by atoms with van der Waals surface area (Å²) in [6.07, 6.45) is 2.61. The predicted molar refractivity (Wildman–Crippen MR) is 85.1 cm³/mol.